The third kappa shape index (κ3) is 7.57. The quantitative estimate of drug-likeness (QED) is 0.384. The van der Waals surface area contributed by atoms with Crippen LogP contribution in [0.4, 0.5) is 4.79 Å². The fraction of sp³-hybridized carbons (Fsp3) is 0.682. The van der Waals surface area contributed by atoms with E-state index in [2.05, 4.69) is 12.2 Å². The van der Waals surface area contributed by atoms with E-state index in [4.69, 9.17) is 14.2 Å². The lowest BCUT2D eigenvalue weighted by molar-refractivity contribution is -0.121. The van der Waals surface area contributed by atoms with Gasteiger partial charge in [-0.3, -0.25) is 4.79 Å². The lowest BCUT2D eigenvalue weighted by Gasteiger charge is -2.38. The maximum Gasteiger partial charge on any atom is 0.410 e. The Kier molecular flexibility index (Phi) is 9.52. The van der Waals surface area contributed by atoms with Crippen LogP contribution in [0.5, 0.6) is 0 Å². The van der Waals surface area contributed by atoms with Gasteiger partial charge in [0.25, 0.3) is 0 Å². The predicted octanol–water partition coefficient (Wildman–Crippen LogP) is 2.09. The monoisotopic (exact) mass is 422 g/mol. The van der Waals surface area contributed by atoms with Gasteiger partial charge >= 0.3 is 6.09 Å². The lowest BCUT2D eigenvalue weighted by Crippen LogP contribution is -2.50. The first-order valence-corrected chi connectivity index (χ1v) is 10.6. The minimum Gasteiger partial charge on any atom is -0.442 e. The molecule has 8 nitrogen and oxygen atoms in total. The third-order valence-electron chi connectivity index (χ3n) is 5.35. The summed E-state index contributed by atoms with van der Waals surface area (Å²) in [7, 11) is 0. The second-order valence-electron chi connectivity index (χ2n) is 8.06. The number of allylic oxidation sites excluding steroid dienone is 1. The molecule has 0 bridgehead atoms. The van der Waals surface area contributed by atoms with E-state index in [1.807, 2.05) is 26.0 Å². The molecule has 1 N–H and O–H groups in total. The molecule has 30 heavy (non-hydrogen) atoms. The third-order valence-corrected chi connectivity index (χ3v) is 5.35. The van der Waals surface area contributed by atoms with Gasteiger partial charge in [0.2, 0.25) is 5.91 Å². The molecule has 6 unspecified atom stereocenters. The Morgan fingerprint density at radius 1 is 1.17 bits per heavy atom. The summed E-state index contributed by atoms with van der Waals surface area (Å²) in [6.07, 6.45) is 7.26. The van der Waals surface area contributed by atoms with Crippen LogP contribution in [0.1, 0.15) is 34.1 Å². The summed E-state index contributed by atoms with van der Waals surface area (Å²) < 4.78 is 16.6. The summed E-state index contributed by atoms with van der Waals surface area (Å²) in [6, 6.07) is -0.114. The summed E-state index contributed by atoms with van der Waals surface area (Å²) in [6.45, 7) is 9.58. The van der Waals surface area contributed by atoms with Gasteiger partial charge < -0.3 is 29.2 Å². The van der Waals surface area contributed by atoms with E-state index in [9.17, 15) is 14.4 Å². The fourth-order valence-corrected chi connectivity index (χ4v) is 3.42. The van der Waals surface area contributed by atoms with Crippen LogP contribution in [0.3, 0.4) is 0 Å². The minimum absolute atomic E-state index is 0.0780. The van der Waals surface area contributed by atoms with Crippen LogP contribution in [-0.4, -0.2) is 73.8 Å². The van der Waals surface area contributed by atoms with Crippen LogP contribution in [0, 0.1) is 11.8 Å². The van der Waals surface area contributed by atoms with Crippen molar-refractivity contribution in [1.29, 1.82) is 0 Å². The first kappa shape index (κ1) is 24.1. The van der Waals surface area contributed by atoms with Crippen LogP contribution in [0.2, 0.25) is 0 Å². The van der Waals surface area contributed by atoms with Crippen LogP contribution in [0.15, 0.2) is 24.3 Å². The van der Waals surface area contributed by atoms with Crippen molar-refractivity contribution in [2.75, 3.05) is 26.3 Å². The highest BCUT2D eigenvalue weighted by Crippen LogP contribution is 2.26. The summed E-state index contributed by atoms with van der Waals surface area (Å²) in [5, 5.41) is 2.97. The first-order chi connectivity index (χ1) is 14.3. The van der Waals surface area contributed by atoms with E-state index >= 15 is 0 Å². The predicted molar refractivity (Wildman–Crippen MR) is 112 cm³/mol. The van der Waals surface area contributed by atoms with Gasteiger partial charge in [-0.25, -0.2) is 4.79 Å². The Morgan fingerprint density at radius 3 is 2.53 bits per heavy atom. The van der Waals surface area contributed by atoms with Gasteiger partial charge in [-0.05, 0) is 32.3 Å². The van der Waals surface area contributed by atoms with Gasteiger partial charge in [0.05, 0.1) is 31.5 Å². The second-order valence-corrected chi connectivity index (χ2v) is 8.06. The molecular weight excluding hydrogens is 388 g/mol. The van der Waals surface area contributed by atoms with Crippen LogP contribution in [-0.2, 0) is 23.8 Å². The minimum atomic E-state index is -0.514. The molecule has 0 aliphatic carbocycles. The number of morpholine rings is 1. The van der Waals surface area contributed by atoms with E-state index in [0.717, 1.165) is 12.7 Å². The highest BCUT2D eigenvalue weighted by Gasteiger charge is 2.32. The van der Waals surface area contributed by atoms with E-state index in [-0.39, 0.29) is 36.0 Å². The molecule has 0 radical (unpaired) electrons. The van der Waals surface area contributed by atoms with Crippen LogP contribution < -0.4 is 5.32 Å². The van der Waals surface area contributed by atoms with E-state index < -0.39 is 12.2 Å². The van der Waals surface area contributed by atoms with E-state index in [1.54, 1.807) is 17.9 Å². The van der Waals surface area contributed by atoms with Gasteiger partial charge in [-0.1, -0.05) is 26.0 Å². The number of carbonyl (C=O) groups is 3. The molecule has 2 rings (SSSR count). The standard InChI is InChI=1S/C22H34N2O6/c1-15(14-25)5-7-20-16(2)13-19(18(4)30-20)23-21(26)8-6-17(3)29-22(27)24-9-11-28-12-10-24/h5-8,14-20H,9-13H2,1-4H3,(H,23,26)/b7-5+,8-6?. The zero-order valence-electron chi connectivity index (χ0n) is 18.3. The van der Waals surface area contributed by atoms with E-state index in [0.29, 0.717) is 26.3 Å². The molecule has 0 saturated carbocycles. The number of nitrogens with zero attached hydrogens (tertiary/aromatic N) is 1. The summed E-state index contributed by atoms with van der Waals surface area (Å²) in [5.41, 5.74) is 0. The number of aldehydes is 1. The number of nitrogens with one attached hydrogen (secondary N) is 1. The normalized spacial score (nSPS) is 29.5. The SMILES string of the molecule is CC(C=O)/C=C/C1OC(C)C(NC(=O)C=CC(C)OC(=O)N2CCOCC2)CC1C. The zero-order valence-corrected chi connectivity index (χ0v) is 18.3. The summed E-state index contributed by atoms with van der Waals surface area (Å²) >= 11 is 0. The van der Waals surface area contributed by atoms with Crippen molar-refractivity contribution in [3.63, 3.8) is 0 Å². The number of hydrogen-bond acceptors (Lipinski definition) is 6. The fourth-order valence-electron chi connectivity index (χ4n) is 3.42. The average Bonchev–Trinajstić information content (AvgIpc) is 2.74. The molecule has 0 aromatic rings. The van der Waals surface area contributed by atoms with Gasteiger partial charge in [-0.15, -0.1) is 0 Å². The van der Waals surface area contributed by atoms with E-state index in [1.165, 1.54) is 6.08 Å². The van der Waals surface area contributed by atoms with Crippen molar-refractivity contribution >= 4 is 18.3 Å². The van der Waals surface area contributed by atoms with Crippen molar-refractivity contribution in [3.05, 3.63) is 24.3 Å². The highest BCUT2D eigenvalue weighted by molar-refractivity contribution is 5.87. The molecule has 0 aromatic carbocycles. The van der Waals surface area contributed by atoms with Crippen LogP contribution >= 0.6 is 0 Å². The van der Waals surface area contributed by atoms with Gasteiger partial charge in [-0.2, -0.15) is 0 Å². The molecule has 2 aliphatic rings. The molecule has 168 valence electrons. The molecule has 2 amide bonds. The van der Waals surface area contributed by atoms with Crippen molar-refractivity contribution in [2.24, 2.45) is 11.8 Å². The molecule has 2 fully saturated rings. The Morgan fingerprint density at radius 2 is 1.87 bits per heavy atom. The molecule has 6 atom stereocenters. The Labute approximate surface area is 178 Å². The van der Waals surface area contributed by atoms with Crippen molar-refractivity contribution in [2.45, 2.75) is 58.5 Å². The lowest BCUT2D eigenvalue weighted by atomic mass is 9.89. The first-order valence-electron chi connectivity index (χ1n) is 10.6. The second kappa shape index (κ2) is 11.9. The van der Waals surface area contributed by atoms with Crippen LogP contribution in [0.25, 0.3) is 0 Å². The maximum atomic E-state index is 12.3. The van der Waals surface area contributed by atoms with Gasteiger partial charge in [0.1, 0.15) is 12.4 Å². The van der Waals surface area contributed by atoms with Gasteiger partial charge in [0.15, 0.2) is 0 Å². The smallest absolute Gasteiger partial charge is 0.410 e. The topological polar surface area (TPSA) is 94.2 Å². The molecule has 0 aromatic heterocycles. The number of amides is 2. The summed E-state index contributed by atoms with van der Waals surface area (Å²) in [4.78, 5) is 36.7. The van der Waals surface area contributed by atoms with Crippen molar-refractivity contribution < 1.29 is 28.6 Å². The molecule has 2 aliphatic heterocycles. The number of carbonyl (C=O) groups excluding carboxylic acids is 3. The average molecular weight is 423 g/mol. The highest BCUT2D eigenvalue weighted by atomic mass is 16.6. The van der Waals surface area contributed by atoms with Crippen molar-refractivity contribution in [3.8, 4) is 0 Å². The molecule has 2 saturated heterocycles. The summed E-state index contributed by atoms with van der Waals surface area (Å²) in [5.74, 6) is -0.183. The largest absolute Gasteiger partial charge is 0.442 e. The number of hydrogen-bond donors (Lipinski definition) is 1. The molecule has 0 spiro atoms. The number of rotatable bonds is 7. The molecule has 8 heteroatoms. The molecule has 2 heterocycles. The Balaban J connectivity index is 1.79. The maximum absolute atomic E-state index is 12.3. The Hall–Kier alpha value is -2.19. The zero-order chi connectivity index (χ0) is 22.1. The van der Waals surface area contributed by atoms with Crippen molar-refractivity contribution in [1.82, 2.24) is 10.2 Å². The van der Waals surface area contributed by atoms with Gasteiger partial charge in [0, 0.05) is 25.1 Å². The Bertz CT molecular complexity index is 644. The molecular formula is C22H34N2O6. The number of ether oxygens (including phenoxy) is 3.